The van der Waals surface area contributed by atoms with Crippen LogP contribution in [-0.2, 0) is 19.6 Å². The van der Waals surface area contributed by atoms with E-state index in [9.17, 15) is 23.2 Å². The minimum absolute atomic E-state index is 0.0333. The van der Waals surface area contributed by atoms with Gasteiger partial charge >= 0.3 is 5.69 Å². The summed E-state index contributed by atoms with van der Waals surface area (Å²) in [7, 11) is 0. The number of nitrogens with zero attached hydrogens (tertiary/aromatic N) is 2. The number of hydrogen-bond acceptors (Lipinski definition) is 3. The number of amides is 1. The first-order valence-electron chi connectivity index (χ1n) is 9.98. The van der Waals surface area contributed by atoms with Crippen molar-refractivity contribution in [2.24, 2.45) is 0 Å². The summed E-state index contributed by atoms with van der Waals surface area (Å²) in [6.07, 6.45) is 0. The van der Waals surface area contributed by atoms with E-state index < -0.39 is 28.8 Å². The standard InChI is InChI=1S/C24H17F2N3O3/c25-19-6-3-4-15-12-28(13-18(15)19)23(31)17-10-14(8-9-20(17)26)11-29-21-7-2-1-5-16(21)22(30)27-24(29)32/h1-10H,11-13H2,(H,27,30,32). The lowest BCUT2D eigenvalue weighted by Crippen LogP contribution is -2.31. The van der Waals surface area contributed by atoms with Gasteiger partial charge in [0.15, 0.2) is 0 Å². The van der Waals surface area contributed by atoms with Crippen molar-refractivity contribution in [2.45, 2.75) is 19.6 Å². The van der Waals surface area contributed by atoms with Crippen molar-refractivity contribution in [3.63, 3.8) is 0 Å². The van der Waals surface area contributed by atoms with Crippen LogP contribution in [-0.4, -0.2) is 20.4 Å². The normalized spacial score (nSPS) is 12.9. The monoisotopic (exact) mass is 433 g/mol. The first-order chi connectivity index (χ1) is 15.4. The molecular formula is C24H17F2N3O3. The summed E-state index contributed by atoms with van der Waals surface area (Å²) in [5.41, 5.74) is 0.831. The lowest BCUT2D eigenvalue weighted by molar-refractivity contribution is 0.0746. The minimum Gasteiger partial charge on any atom is -0.330 e. The Hall–Kier alpha value is -4.07. The van der Waals surface area contributed by atoms with Crippen molar-refractivity contribution < 1.29 is 13.6 Å². The number of aromatic nitrogens is 2. The zero-order valence-electron chi connectivity index (χ0n) is 16.8. The second-order valence-electron chi connectivity index (χ2n) is 7.72. The van der Waals surface area contributed by atoms with Gasteiger partial charge in [-0.2, -0.15) is 0 Å². The number of para-hydroxylation sites is 1. The summed E-state index contributed by atoms with van der Waals surface area (Å²) < 4.78 is 30.0. The number of nitrogens with one attached hydrogen (secondary N) is 1. The highest BCUT2D eigenvalue weighted by atomic mass is 19.1. The Balaban J connectivity index is 1.49. The fourth-order valence-corrected chi connectivity index (χ4v) is 4.11. The van der Waals surface area contributed by atoms with Crippen LogP contribution in [0.25, 0.3) is 10.9 Å². The fourth-order valence-electron chi connectivity index (χ4n) is 4.11. The van der Waals surface area contributed by atoms with Crippen molar-refractivity contribution in [2.75, 3.05) is 0 Å². The van der Waals surface area contributed by atoms with Crippen LogP contribution in [0.2, 0.25) is 0 Å². The van der Waals surface area contributed by atoms with Gasteiger partial charge < -0.3 is 4.90 Å². The molecule has 0 aliphatic carbocycles. The quantitative estimate of drug-likeness (QED) is 0.539. The van der Waals surface area contributed by atoms with Crippen LogP contribution in [0.3, 0.4) is 0 Å². The van der Waals surface area contributed by atoms with E-state index in [2.05, 4.69) is 4.98 Å². The molecule has 6 nitrogen and oxygen atoms in total. The minimum atomic E-state index is -0.700. The van der Waals surface area contributed by atoms with Crippen molar-refractivity contribution in [3.8, 4) is 0 Å². The van der Waals surface area contributed by atoms with E-state index in [-0.39, 0.29) is 25.2 Å². The van der Waals surface area contributed by atoms with Crippen molar-refractivity contribution in [1.29, 1.82) is 0 Å². The number of fused-ring (bicyclic) bond motifs is 2. The van der Waals surface area contributed by atoms with Gasteiger partial charge in [-0.15, -0.1) is 0 Å². The number of hydrogen-bond donors (Lipinski definition) is 1. The van der Waals surface area contributed by atoms with E-state index in [1.54, 1.807) is 36.4 Å². The maximum Gasteiger partial charge on any atom is 0.329 e. The van der Waals surface area contributed by atoms with Crippen LogP contribution in [0.5, 0.6) is 0 Å². The van der Waals surface area contributed by atoms with E-state index >= 15 is 0 Å². The molecule has 0 bridgehead atoms. The number of aromatic amines is 1. The first-order valence-corrected chi connectivity index (χ1v) is 9.98. The summed E-state index contributed by atoms with van der Waals surface area (Å²) in [6.45, 7) is 0.291. The van der Waals surface area contributed by atoms with Crippen LogP contribution in [0, 0.1) is 11.6 Å². The highest BCUT2D eigenvalue weighted by molar-refractivity contribution is 5.95. The van der Waals surface area contributed by atoms with Crippen LogP contribution >= 0.6 is 0 Å². The Morgan fingerprint density at radius 3 is 2.56 bits per heavy atom. The topological polar surface area (TPSA) is 75.2 Å². The predicted octanol–water partition coefficient (Wildman–Crippen LogP) is 3.17. The van der Waals surface area contributed by atoms with Gasteiger partial charge in [-0.05, 0) is 41.5 Å². The van der Waals surface area contributed by atoms with Gasteiger partial charge in [-0.1, -0.05) is 30.3 Å². The van der Waals surface area contributed by atoms with E-state index in [4.69, 9.17) is 0 Å². The summed E-state index contributed by atoms with van der Waals surface area (Å²) in [5, 5.41) is 0.349. The van der Waals surface area contributed by atoms with Gasteiger partial charge in [-0.25, -0.2) is 13.6 Å². The Kier molecular flexibility index (Phi) is 4.70. The van der Waals surface area contributed by atoms with Gasteiger partial charge in [0.2, 0.25) is 0 Å². The number of H-pyrrole nitrogens is 1. The number of carbonyl (C=O) groups is 1. The zero-order valence-corrected chi connectivity index (χ0v) is 16.8. The Bertz CT molecular complexity index is 1510. The molecule has 1 aliphatic rings. The Labute approximate surface area is 180 Å². The van der Waals surface area contributed by atoms with Crippen molar-refractivity contribution >= 4 is 16.8 Å². The summed E-state index contributed by atoms with van der Waals surface area (Å²) in [6, 6.07) is 15.4. The van der Waals surface area contributed by atoms with E-state index in [1.165, 1.54) is 33.7 Å². The van der Waals surface area contributed by atoms with E-state index in [0.717, 1.165) is 0 Å². The van der Waals surface area contributed by atoms with Gasteiger partial charge in [0, 0.05) is 18.7 Å². The average Bonchev–Trinajstić information content (AvgIpc) is 3.23. The molecular weight excluding hydrogens is 416 g/mol. The van der Waals surface area contributed by atoms with Crippen molar-refractivity contribution in [1.82, 2.24) is 14.5 Å². The molecule has 1 aliphatic heterocycles. The van der Waals surface area contributed by atoms with E-state index in [1.807, 2.05) is 0 Å². The van der Waals surface area contributed by atoms with E-state index in [0.29, 0.717) is 27.6 Å². The third-order valence-electron chi connectivity index (χ3n) is 5.72. The van der Waals surface area contributed by atoms with Gasteiger partial charge in [0.05, 0.1) is 23.0 Å². The van der Waals surface area contributed by atoms with Crippen LogP contribution in [0.4, 0.5) is 8.78 Å². The third kappa shape index (κ3) is 3.30. The van der Waals surface area contributed by atoms with Gasteiger partial charge in [-0.3, -0.25) is 19.1 Å². The van der Waals surface area contributed by atoms with Crippen LogP contribution in [0.1, 0.15) is 27.0 Å². The highest BCUT2D eigenvalue weighted by Crippen LogP contribution is 2.27. The molecule has 0 radical (unpaired) electrons. The SMILES string of the molecule is O=C(c1cc(Cn2c(=O)[nH]c(=O)c3ccccc32)ccc1F)N1Cc2cccc(F)c2C1. The lowest BCUT2D eigenvalue weighted by Gasteiger charge is -2.17. The van der Waals surface area contributed by atoms with Crippen LogP contribution < -0.4 is 11.2 Å². The molecule has 0 saturated heterocycles. The second-order valence-corrected chi connectivity index (χ2v) is 7.72. The molecule has 8 heteroatoms. The summed E-state index contributed by atoms with van der Waals surface area (Å²) in [5.74, 6) is -1.65. The fraction of sp³-hybridized carbons (Fsp3) is 0.125. The zero-order chi connectivity index (χ0) is 22.4. The molecule has 1 amide bonds. The molecule has 3 aromatic carbocycles. The molecule has 5 rings (SSSR count). The molecule has 0 fully saturated rings. The Morgan fingerprint density at radius 2 is 1.75 bits per heavy atom. The highest BCUT2D eigenvalue weighted by Gasteiger charge is 2.28. The smallest absolute Gasteiger partial charge is 0.329 e. The third-order valence-corrected chi connectivity index (χ3v) is 5.72. The molecule has 2 heterocycles. The van der Waals surface area contributed by atoms with Crippen LogP contribution in [0.15, 0.2) is 70.3 Å². The number of halogens is 2. The molecule has 1 aromatic heterocycles. The number of rotatable bonds is 3. The summed E-state index contributed by atoms with van der Waals surface area (Å²) in [4.78, 5) is 41.2. The molecule has 1 N–H and O–H groups in total. The molecule has 0 atom stereocenters. The molecule has 0 unspecified atom stereocenters. The van der Waals surface area contributed by atoms with Gasteiger partial charge in [0.1, 0.15) is 11.6 Å². The van der Waals surface area contributed by atoms with Gasteiger partial charge in [0.25, 0.3) is 11.5 Å². The number of benzene rings is 3. The molecule has 4 aromatic rings. The molecule has 160 valence electrons. The maximum absolute atomic E-state index is 14.6. The maximum atomic E-state index is 14.6. The van der Waals surface area contributed by atoms with Crippen molar-refractivity contribution in [3.05, 3.63) is 115 Å². The predicted molar refractivity (Wildman–Crippen MR) is 114 cm³/mol. The second kappa shape index (κ2) is 7.56. The molecule has 0 spiro atoms. The summed E-state index contributed by atoms with van der Waals surface area (Å²) >= 11 is 0. The molecule has 32 heavy (non-hydrogen) atoms. The average molecular weight is 433 g/mol. The Morgan fingerprint density at radius 1 is 0.938 bits per heavy atom. The largest absolute Gasteiger partial charge is 0.330 e. The number of carbonyl (C=O) groups excluding carboxylic acids is 1. The first kappa shape index (κ1) is 19.9. The lowest BCUT2D eigenvalue weighted by atomic mass is 10.1. The molecule has 0 saturated carbocycles.